The maximum atomic E-state index is 11.7. The Balaban J connectivity index is 1.81. The van der Waals surface area contributed by atoms with Crippen LogP contribution in [0.15, 0.2) is 5.16 Å². The largest absolute Gasteiger partial charge is 0.355 e. The van der Waals surface area contributed by atoms with Gasteiger partial charge in [0.1, 0.15) is 0 Å². The summed E-state index contributed by atoms with van der Waals surface area (Å²) in [7, 11) is 0. The van der Waals surface area contributed by atoms with Crippen molar-refractivity contribution in [1.82, 2.24) is 25.5 Å². The fraction of sp³-hybridized carbons (Fsp3) is 0.846. The van der Waals surface area contributed by atoms with E-state index < -0.39 is 0 Å². The Bertz CT molecular complexity index is 417. The SMILES string of the molecule is CCCCNC(=O)CSc1nnnn1C1CCCCC1. The summed E-state index contributed by atoms with van der Waals surface area (Å²) in [5, 5.41) is 15.6. The fourth-order valence-corrected chi connectivity index (χ4v) is 3.20. The number of hydrogen-bond acceptors (Lipinski definition) is 5. The van der Waals surface area contributed by atoms with E-state index >= 15 is 0 Å². The number of hydrogen-bond donors (Lipinski definition) is 1. The topological polar surface area (TPSA) is 72.7 Å². The van der Waals surface area contributed by atoms with E-state index in [1.165, 1.54) is 31.0 Å². The minimum Gasteiger partial charge on any atom is -0.355 e. The zero-order chi connectivity index (χ0) is 14.2. The summed E-state index contributed by atoms with van der Waals surface area (Å²) in [5.74, 6) is 0.443. The summed E-state index contributed by atoms with van der Waals surface area (Å²) in [4.78, 5) is 11.7. The maximum absolute atomic E-state index is 11.7. The van der Waals surface area contributed by atoms with Crippen molar-refractivity contribution in [3.8, 4) is 0 Å². The number of nitrogens with zero attached hydrogens (tertiary/aromatic N) is 4. The molecule has 20 heavy (non-hydrogen) atoms. The zero-order valence-corrected chi connectivity index (χ0v) is 12.9. The Morgan fingerprint density at radius 3 is 2.95 bits per heavy atom. The van der Waals surface area contributed by atoms with Crippen molar-refractivity contribution < 1.29 is 4.79 Å². The van der Waals surface area contributed by atoms with Gasteiger partial charge >= 0.3 is 0 Å². The highest BCUT2D eigenvalue weighted by Crippen LogP contribution is 2.29. The van der Waals surface area contributed by atoms with Crippen molar-refractivity contribution >= 4 is 17.7 Å². The second-order valence-corrected chi connectivity index (χ2v) is 6.13. The molecular formula is C13H23N5OS. The monoisotopic (exact) mass is 297 g/mol. The zero-order valence-electron chi connectivity index (χ0n) is 12.0. The van der Waals surface area contributed by atoms with E-state index in [-0.39, 0.29) is 5.91 Å². The van der Waals surface area contributed by atoms with Crippen molar-refractivity contribution in [3.63, 3.8) is 0 Å². The minimum atomic E-state index is 0.0571. The molecule has 1 aromatic heterocycles. The van der Waals surface area contributed by atoms with Gasteiger partial charge in [-0.2, -0.15) is 0 Å². The van der Waals surface area contributed by atoms with Crippen LogP contribution in [-0.4, -0.2) is 38.4 Å². The molecule has 0 spiro atoms. The van der Waals surface area contributed by atoms with Gasteiger partial charge in [0.25, 0.3) is 0 Å². The molecule has 6 nitrogen and oxygen atoms in total. The van der Waals surface area contributed by atoms with Crippen molar-refractivity contribution in [2.24, 2.45) is 0 Å². The van der Waals surface area contributed by atoms with E-state index in [1.54, 1.807) is 0 Å². The summed E-state index contributed by atoms with van der Waals surface area (Å²) < 4.78 is 1.91. The van der Waals surface area contributed by atoms with Crippen LogP contribution in [0.3, 0.4) is 0 Å². The molecule has 1 aliphatic carbocycles. The average Bonchev–Trinajstić information content (AvgIpc) is 2.95. The van der Waals surface area contributed by atoms with Gasteiger partial charge in [-0.25, -0.2) is 4.68 Å². The molecule has 0 aromatic carbocycles. The van der Waals surface area contributed by atoms with Crippen LogP contribution in [0.5, 0.6) is 0 Å². The molecule has 7 heteroatoms. The highest BCUT2D eigenvalue weighted by atomic mass is 32.2. The molecule has 1 fully saturated rings. The van der Waals surface area contributed by atoms with Crippen molar-refractivity contribution in [2.75, 3.05) is 12.3 Å². The first-order valence-corrected chi connectivity index (χ1v) is 8.47. The predicted molar refractivity (Wildman–Crippen MR) is 78.6 cm³/mol. The van der Waals surface area contributed by atoms with E-state index in [0.29, 0.717) is 11.8 Å². The number of amides is 1. The summed E-state index contributed by atoms with van der Waals surface area (Å²) >= 11 is 1.43. The van der Waals surface area contributed by atoms with Crippen molar-refractivity contribution in [1.29, 1.82) is 0 Å². The fourth-order valence-electron chi connectivity index (χ4n) is 2.42. The summed E-state index contributed by atoms with van der Waals surface area (Å²) in [6.45, 7) is 2.86. The third kappa shape index (κ3) is 4.47. The van der Waals surface area contributed by atoms with Gasteiger partial charge < -0.3 is 5.32 Å². The Morgan fingerprint density at radius 1 is 1.40 bits per heavy atom. The molecule has 1 heterocycles. The van der Waals surface area contributed by atoms with Gasteiger partial charge in [-0.05, 0) is 29.7 Å². The number of nitrogens with one attached hydrogen (secondary N) is 1. The molecule has 1 N–H and O–H groups in total. The molecule has 2 rings (SSSR count). The summed E-state index contributed by atoms with van der Waals surface area (Å²) in [5.41, 5.74) is 0. The molecule has 0 aliphatic heterocycles. The second kappa shape index (κ2) is 8.24. The molecular weight excluding hydrogens is 274 g/mol. The van der Waals surface area contributed by atoms with Crippen molar-refractivity contribution in [2.45, 2.75) is 63.1 Å². The van der Waals surface area contributed by atoms with Crippen LogP contribution in [0.4, 0.5) is 0 Å². The Kier molecular flexibility index (Phi) is 6.29. The number of carbonyl (C=O) groups is 1. The van der Waals surface area contributed by atoms with Gasteiger partial charge in [-0.1, -0.05) is 44.4 Å². The van der Waals surface area contributed by atoms with E-state index in [2.05, 4.69) is 27.8 Å². The van der Waals surface area contributed by atoms with Crippen LogP contribution < -0.4 is 5.32 Å². The predicted octanol–water partition coefficient (Wildman–Crippen LogP) is 2.19. The van der Waals surface area contributed by atoms with E-state index in [0.717, 1.165) is 37.4 Å². The molecule has 0 bridgehead atoms. The molecule has 1 saturated carbocycles. The second-order valence-electron chi connectivity index (χ2n) is 5.19. The van der Waals surface area contributed by atoms with Crippen LogP contribution in [0.25, 0.3) is 0 Å². The number of aromatic nitrogens is 4. The first kappa shape index (κ1) is 15.3. The van der Waals surface area contributed by atoms with Gasteiger partial charge in [-0.3, -0.25) is 4.79 Å². The average molecular weight is 297 g/mol. The number of tetrazole rings is 1. The first-order valence-electron chi connectivity index (χ1n) is 7.48. The highest BCUT2D eigenvalue weighted by Gasteiger charge is 2.20. The molecule has 1 amide bonds. The number of rotatable bonds is 7. The normalized spacial score (nSPS) is 16.2. The number of thioether (sulfide) groups is 1. The Labute approximate surface area is 124 Å². The molecule has 0 atom stereocenters. The van der Waals surface area contributed by atoms with Crippen LogP contribution in [0.1, 0.15) is 57.9 Å². The van der Waals surface area contributed by atoms with E-state index in [4.69, 9.17) is 0 Å². The van der Waals surface area contributed by atoms with Crippen LogP contribution in [0.2, 0.25) is 0 Å². The number of unbranched alkanes of at least 4 members (excludes halogenated alkanes) is 1. The van der Waals surface area contributed by atoms with Gasteiger partial charge in [0.2, 0.25) is 11.1 Å². The minimum absolute atomic E-state index is 0.0571. The lowest BCUT2D eigenvalue weighted by molar-refractivity contribution is -0.118. The van der Waals surface area contributed by atoms with Crippen LogP contribution in [-0.2, 0) is 4.79 Å². The summed E-state index contributed by atoms with van der Waals surface area (Å²) in [6.07, 6.45) is 8.19. The van der Waals surface area contributed by atoms with Crippen LogP contribution >= 0.6 is 11.8 Å². The number of carbonyl (C=O) groups excluding carboxylic acids is 1. The standard InChI is InChI=1S/C13H23N5OS/c1-2-3-9-14-12(19)10-20-13-15-16-17-18(13)11-7-5-4-6-8-11/h11H,2-10H2,1H3,(H,14,19). The smallest absolute Gasteiger partial charge is 0.230 e. The summed E-state index contributed by atoms with van der Waals surface area (Å²) in [6, 6.07) is 0.407. The van der Waals surface area contributed by atoms with Gasteiger partial charge in [-0.15, -0.1) is 5.10 Å². The lowest BCUT2D eigenvalue weighted by Crippen LogP contribution is -2.26. The Hall–Kier alpha value is -1.11. The van der Waals surface area contributed by atoms with Crippen LogP contribution in [0, 0.1) is 0 Å². The molecule has 0 radical (unpaired) electrons. The third-order valence-electron chi connectivity index (χ3n) is 3.57. The highest BCUT2D eigenvalue weighted by molar-refractivity contribution is 7.99. The van der Waals surface area contributed by atoms with Gasteiger partial charge in [0.05, 0.1) is 11.8 Å². The quantitative estimate of drug-likeness (QED) is 0.617. The lowest BCUT2D eigenvalue weighted by Gasteiger charge is -2.21. The Morgan fingerprint density at radius 2 is 2.20 bits per heavy atom. The van der Waals surface area contributed by atoms with E-state index in [1.807, 2.05) is 4.68 Å². The molecule has 1 aromatic rings. The lowest BCUT2D eigenvalue weighted by atomic mass is 9.96. The molecule has 0 unspecified atom stereocenters. The maximum Gasteiger partial charge on any atom is 0.230 e. The van der Waals surface area contributed by atoms with Gasteiger partial charge in [0, 0.05) is 6.54 Å². The molecule has 112 valence electrons. The first-order chi connectivity index (χ1) is 9.81. The third-order valence-corrected chi connectivity index (χ3v) is 4.50. The van der Waals surface area contributed by atoms with E-state index in [9.17, 15) is 4.79 Å². The van der Waals surface area contributed by atoms with Crippen molar-refractivity contribution in [3.05, 3.63) is 0 Å². The van der Waals surface area contributed by atoms with Gasteiger partial charge in [0.15, 0.2) is 0 Å². The molecule has 0 saturated heterocycles. The molecule has 1 aliphatic rings.